The largest absolute Gasteiger partial charge is 0.497 e. The van der Waals surface area contributed by atoms with Crippen molar-refractivity contribution in [3.05, 3.63) is 153 Å². The van der Waals surface area contributed by atoms with Crippen LogP contribution in [-0.2, 0) is 13.2 Å². The van der Waals surface area contributed by atoms with Gasteiger partial charge in [0.2, 0.25) is 0 Å². The van der Waals surface area contributed by atoms with Gasteiger partial charge in [-0.25, -0.2) is 0 Å². The highest BCUT2D eigenvalue weighted by Crippen LogP contribution is 2.46. The number of aliphatic hydroxyl groups is 2. The van der Waals surface area contributed by atoms with Crippen molar-refractivity contribution in [1.82, 2.24) is 0 Å². The Balaban J connectivity index is 1.43. The van der Waals surface area contributed by atoms with Crippen molar-refractivity contribution >= 4 is 34.1 Å². The smallest absolute Gasteiger partial charge is 0.119 e. The lowest BCUT2D eigenvalue weighted by Crippen LogP contribution is -2.16. The molecule has 0 aliphatic rings. The number of hydrogen-bond donors (Lipinski definition) is 2. The number of anilines is 6. The van der Waals surface area contributed by atoms with E-state index >= 15 is 0 Å². The first-order chi connectivity index (χ1) is 25.9. The minimum Gasteiger partial charge on any atom is -0.497 e. The highest BCUT2D eigenvalue weighted by atomic mass is 16.5. The van der Waals surface area contributed by atoms with Gasteiger partial charge >= 0.3 is 0 Å². The molecule has 0 amide bonds. The molecule has 0 aliphatic heterocycles. The van der Waals surface area contributed by atoms with Crippen molar-refractivity contribution in [3.63, 3.8) is 0 Å². The second kappa shape index (κ2) is 15.8. The molecule has 0 bridgehead atoms. The molecule has 0 unspecified atom stereocenters. The number of nitrogens with zero attached hydrogens (tertiary/aromatic N) is 2. The average molecular weight is 721 g/mol. The molecule has 0 spiro atoms. The van der Waals surface area contributed by atoms with Crippen LogP contribution in [0.2, 0.25) is 0 Å². The number of ether oxygens (including phenoxy) is 2. The van der Waals surface area contributed by atoms with Crippen LogP contribution in [0, 0.1) is 55.4 Å². The number of rotatable bonds is 11. The molecule has 278 valence electrons. The van der Waals surface area contributed by atoms with E-state index in [1.807, 2.05) is 0 Å². The van der Waals surface area contributed by atoms with Gasteiger partial charge in [0, 0.05) is 11.4 Å². The van der Waals surface area contributed by atoms with Crippen molar-refractivity contribution in [1.29, 1.82) is 0 Å². The summed E-state index contributed by atoms with van der Waals surface area (Å²) in [5.74, 6) is 1.68. The minimum atomic E-state index is -0.00488. The summed E-state index contributed by atoms with van der Waals surface area (Å²) in [6.45, 7) is 16.9. The first kappa shape index (κ1) is 38.2. The fourth-order valence-electron chi connectivity index (χ4n) is 8.10. The average Bonchev–Trinajstić information content (AvgIpc) is 3.15. The lowest BCUT2D eigenvalue weighted by atomic mass is 9.97. The van der Waals surface area contributed by atoms with Crippen molar-refractivity contribution in [2.24, 2.45) is 0 Å². The molecule has 2 N–H and O–H groups in total. The molecule has 0 saturated carbocycles. The maximum absolute atomic E-state index is 9.94. The summed E-state index contributed by atoms with van der Waals surface area (Å²) in [4.78, 5) is 4.68. The minimum absolute atomic E-state index is 0.00488. The van der Waals surface area contributed by atoms with E-state index in [0.717, 1.165) is 112 Å². The maximum Gasteiger partial charge on any atom is 0.119 e. The number of aliphatic hydroxyl groups excluding tert-OH is 2. The third-order valence-corrected chi connectivity index (χ3v) is 10.3. The van der Waals surface area contributed by atoms with Gasteiger partial charge in [-0.2, -0.15) is 0 Å². The van der Waals surface area contributed by atoms with E-state index in [1.165, 1.54) is 0 Å². The Morgan fingerprint density at radius 3 is 0.852 bits per heavy atom. The van der Waals surface area contributed by atoms with Gasteiger partial charge in [-0.3, -0.25) is 0 Å². The molecule has 0 radical (unpaired) electrons. The Morgan fingerprint density at radius 2 is 0.630 bits per heavy atom. The van der Waals surface area contributed by atoms with Crippen molar-refractivity contribution < 1.29 is 19.7 Å². The Kier molecular flexibility index (Phi) is 11.2. The fourth-order valence-corrected chi connectivity index (χ4v) is 8.10. The number of benzene rings is 6. The van der Waals surface area contributed by atoms with Crippen molar-refractivity contribution in [2.45, 2.75) is 68.6 Å². The Hall–Kier alpha value is -5.56. The van der Waals surface area contributed by atoms with Crippen LogP contribution in [0.25, 0.3) is 11.1 Å². The van der Waals surface area contributed by atoms with Crippen LogP contribution >= 0.6 is 0 Å². The van der Waals surface area contributed by atoms with Crippen LogP contribution < -0.4 is 19.3 Å². The Bertz CT molecular complexity index is 1930. The van der Waals surface area contributed by atoms with Crippen molar-refractivity contribution in [3.8, 4) is 22.6 Å². The summed E-state index contributed by atoms with van der Waals surface area (Å²) < 4.78 is 11.2. The summed E-state index contributed by atoms with van der Waals surface area (Å²) >= 11 is 0. The molecule has 0 saturated heterocycles. The SMILES string of the molecule is COc1cc(C)c(N(c2ccc(-c3ccc(N(c4c(C)cc(CO)cc4C)c4c(C)cc(CO)cc4C)cc3)cc2)c2c(C)cc(OC)cc2C)c(C)c1. The molecule has 0 fully saturated rings. The zero-order chi connectivity index (χ0) is 38.8. The predicted octanol–water partition coefficient (Wildman–Crippen LogP) is 11.8. The number of methoxy groups -OCH3 is 2. The van der Waals surface area contributed by atoms with Crippen LogP contribution in [-0.4, -0.2) is 24.4 Å². The summed E-state index contributed by atoms with van der Waals surface area (Å²) in [5, 5.41) is 19.9. The second-order valence-corrected chi connectivity index (χ2v) is 14.5. The van der Waals surface area contributed by atoms with Gasteiger partial charge in [-0.05, 0) is 171 Å². The second-order valence-electron chi connectivity index (χ2n) is 14.5. The van der Waals surface area contributed by atoms with Crippen LogP contribution in [0.3, 0.4) is 0 Å². The highest BCUT2D eigenvalue weighted by Gasteiger charge is 2.24. The predicted molar refractivity (Wildman–Crippen MR) is 224 cm³/mol. The molecule has 6 aromatic rings. The number of aryl methyl sites for hydroxylation is 8. The topological polar surface area (TPSA) is 65.4 Å². The zero-order valence-corrected chi connectivity index (χ0v) is 33.3. The molecule has 54 heavy (non-hydrogen) atoms. The lowest BCUT2D eigenvalue weighted by molar-refractivity contribution is 0.281. The molecule has 0 heterocycles. The van der Waals surface area contributed by atoms with E-state index in [9.17, 15) is 10.2 Å². The highest BCUT2D eigenvalue weighted by molar-refractivity contribution is 5.87. The van der Waals surface area contributed by atoms with Gasteiger partial charge in [0.1, 0.15) is 11.5 Å². The number of hydrogen-bond acceptors (Lipinski definition) is 6. The third-order valence-electron chi connectivity index (χ3n) is 10.3. The summed E-state index contributed by atoms with van der Waals surface area (Å²) in [5.41, 5.74) is 19.3. The van der Waals surface area contributed by atoms with Gasteiger partial charge in [0.15, 0.2) is 0 Å². The van der Waals surface area contributed by atoms with E-state index in [4.69, 9.17) is 9.47 Å². The van der Waals surface area contributed by atoms with Gasteiger partial charge in [-0.15, -0.1) is 0 Å². The molecular formula is C48H52N2O4. The molecule has 0 atom stereocenters. The van der Waals surface area contributed by atoms with E-state index in [0.29, 0.717) is 0 Å². The molecule has 6 rings (SSSR count). The van der Waals surface area contributed by atoms with E-state index in [2.05, 4.69) is 162 Å². The monoisotopic (exact) mass is 720 g/mol. The molecule has 6 heteroatoms. The maximum atomic E-state index is 9.94. The van der Waals surface area contributed by atoms with Crippen molar-refractivity contribution in [2.75, 3.05) is 24.0 Å². The van der Waals surface area contributed by atoms with E-state index < -0.39 is 0 Å². The van der Waals surface area contributed by atoms with Crippen LogP contribution in [0.5, 0.6) is 11.5 Å². The lowest BCUT2D eigenvalue weighted by Gasteiger charge is -2.32. The van der Waals surface area contributed by atoms with Gasteiger partial charge < -0.3 is 29.5 Å². The molecule has 0 aliphatic carbocycles. The van der Waals surface area contributed by atoms with Gasteiger partial charge in [0.25, 0.3) is 0 Å². The third kappa shape index (κ3) is 7.32. The molecular weight excluding hydrogens is 669 g/mol. The van der Waals surface area contributed by atoms with Crippen LogP contribution in [0.1, 0.15) is 55.6 Å². The van der Waals surface area contributed by atoms with Gasteiger partial charge in [0.05, 0.1) is 50.2 Å². The zero-order valence-electron chi connectivity index (χ0n) is 33.3. The first-order valence-corrected chi connectivity index (χ1v) is 18.4. The quantitative estimate of drug-likeness (QED) is 0.139. The summed E-state index contributed by atoms with van der Waals surface area (Å²) in [7, 11) is 3.42. The molecule has 6 aromatic carbocycles. The summed E-state index contributed by atoms with van der Waals surface area (Å²) in [6.07, 6.45) is 0. The molecule has 0 aromatic heterocycles. The first-order valence-electron chi connectivity index (χ1n) is 18.4. The van der Waals surface area contributed by atoms with E-state index in [-0.39, 0.29) is 13.2 Å². The Morgan fingerprint density at radius 1 is 0.389 bits per heavy atom. The normalized spacial score (nSPS) is 11.1. The van der Waals surface area contributed by atoms with E-state index in [1.54, 1.807) is 14.2 Å². The van der Waals surface area contributed by atoms with Crippen LogP contribution in [0.4, 0.5) is 34.1 Å². The van der Waals surface area contributed by atoms with Crippen LogP contribution in [0.15, 0.2) is 97.1 Å². The summed E-state index contributed by atoms with van der Waals surface area (Å²) in [6, 6.07) is 34.1. The Labute approximate surface area is 320 Å². The molecule has 6 nitrogen and oxygen atoms in total. The standard InChI is InChI=1S/C48H52N2O4/c1-29-19-37(27-51)20-30(2)45(29)49(46-31(3)21-38(28-52)22-32(46)4)41-15-11-39(12-16-41)40-13-17-42(18-14-40)50(47-33(5)23-43(53-9)24-34(47)6)48-35(7)25-44(54-10)26-36(48)8/h11-26,51-52H,27-28H2,1-10H3. The van der Waals surface area contributed by atoms with Gasteiger partial charge in [-0.1, -0.05) is 48.5 Å². The fraction of sp³-hybridized carbons (Fsp3) is 0.250.